The smallest absolute Gasteiger partial charge is 0.142 e. The van der Waals surface area contributed by atoms with Gasteiger partial charge in [-0.2, -0.15) is 0 Å². The molecule has 2 nitrogen and oxygen atoms in total. The average Bonchev–Trinajstić information content (AvgIpc) is 2.43. The van der Waals surface area contributed by atoms with Crippen LogP contribution in [0.25, 0.3) is 0 Å². The van der Waals surface area contributed by atoms with Gasteiger partial charge in [0.25, 0.3) is 0 Å². The maximum atomic E-state index is 13.6. The molecule has 0 bridgehead atoms. The van der Waals surface area contributed by atoms with Gasteiger partial charge in [0, 0.05) is 12.6 Å². The molecule has 1 aromatic rings. The maximum absolute atomic E-state index is 13.6. The summed E-state index contributed by atoms with van der Waals surface area (Å²) in [6.07, 6.45) is 4.11. The van der Waals surface area contributed by atoms with Gasteiger partial charge in [-0.05, 0) is 56.8 Å². The second-order valence-electron chi connectivity index (χ2n) is 5.68. The number of likely N-dealkylation sites (N-methyl/N-ethyl adjacent to an activating group) is 1. The topological polar surface area (TPSA) is 21.3 Å². The van der Waals surface area contributed by atoms with Crippen molar-refractivity contribution < 1.29 is 9.13 Å². The third-order valence-corrected chi connectivity index (χ3v) is 4.42. The van der Waals surface area contributed by atoms with Crippen LogP contribution in [-0.2, 0) is 11.2 Å². The normalized spacial score (nSPS) is 24.6. The highest BCUT2D eigenvalue weighted by molar-refractivity contribution is 6.30. The van der Waals surface area contributed by atoms with Crippen LogP contribution >= 0.6 is 11.6 Å². The van der Waals surface area contributed by atoms with Gasteiger partial charge in [-0.3, -0.25) is 0 Å². The van der Waals surface area contributed by atoms with Crippen molar-refractivity contribution in [3.63, 3.8) is 0 Å². The fraction of sp³-hybridized carbons (Fsp3) is 0.625. The average molecular weight is 300 g/mol. The van der Waals surface area contributed by atoms with Gasteiger partial charge in [0.2, 0.25) is 0 Å². The van der Waals surface area contributed by atoms with E-state index in [1.54, 1.807) is 6.07 Å². The van der Waals surface area contributed by atoms with E-state index in [9.17, 15) is 4.39 Å². The van der Waals surface area contributed by atoms with Crippen LogP contribution in [0.3, 0.4) is 0 Å². The molecule has 1 N–H and O–H groups in total. The van der Waals surface area contributed by atoms with Gasteiger partial charge in [-0.1, -0.05) is 24.6 Å². The Hall–Kier alpha value is -0.640. The fourth-order valence-corrected chi connectivity index (χ4v) is 3.00. The van der Waals surface area contributed by atoms with Gasteiger partial charge in [-0.25, -0.2) is 4.39 Å². The SMILES string of the molecule is CCNC(Cc1ccc(Cl)c(F)c1)C1(C)CCCCO1. The Kier molecular flexibility index (Phi) is 5.42. The molecule has 0 spiro atoms. The van der Waals surface area contributed by atoms with Crippen molar-refractivity contribution >= 4 is 11.6 Å². The first-order valence-corrected chi connectivity index (χ1v) is 7.74. The number of benzene rings is 1. The summed E-state index contributed by atoms with van der Waals surface area (Å²) in [5, 5.41) is 3.67. The molecule has 2 atom stereocenters. The van der Waals surface area contributed by atoms with Crippen LogP contribution in [0.15, 0.2) is 18.2 Å². The molecule has 4 heteroatoms. The summed E-state index contributed by atoms with van der Waals surface area (Å²) in [6, 6.07) is 5.23. The standard InChI is InChI=1S/C16H23ClFNO/c1-3-19-15(16(2)8-4-5-9-20-16)11-12-6-7-13(17)14(18)10-12/h6-7,10,15,19H,3-5,8-9,11H2,1-2H3. The molecule has 0 amide bonds. The molecular weight excluding hydrogens is 277 g/mol. The Bertz CT molecular complexity index is 446. The minimum Gasteiger partial charge on any atom is -0.374 e. The van der Waals surface area contributed by atoms with Gasteiger partial charge in [0.1, 0.15) is 5.82 Å². The molecule has 1 aromatic carbocycles. The van der Waals surface area contributed by atoms with E-state index < -0.39 is 0 Å². The summed E-state index contributed by atoms with van der Waals surface area (Å²) >= 11 is 5.74. The van der Waals surface area contributed by atoms with Gasteiger partial charge >= 0.3 is 0 Å². The van der Waals surface area contributed by atoms with Gasteiger partial charge in [0.05, 0.1) is 10.6 Å². The summed E-state index contributed by atoms with van der Waals surface area (Å²) in [6.45, 7) is 5.93. The summed E-state index contributed by atoms with van der Waals surface area (Å²) in [5.74, 6) is -0.353. The Labute approximate surface area is 125 Å². The van der Waals surface area contributed by atoms with E-state index in [0.29, 0.717) is 0 Å². The lowest BCUT2D eigenvalue weighted by atomic mass is 9.84. The lowest BCUT2D eigenvalue weighted by Gasteiger charge is -2.41. The molecule has 1 saturated heterocycles. The summed E-state index contributed by atoms with van der Waals surface area (Å²) in [4.78, 5) is 0. The predicted molar refractivity (Wildman–Crippen MR) is 80.8 cm³/mol. The Morgan fingerprint density at radius 3 is 2.85 bits per heavy atom. The van der Waals surface area contributed by atoms with Crippen LogP contribution < -0.4 is 5.32 Å². The Balaban J connectivity index is 2.13. The molecule has 112 valence electrons. The number of hydrogen-bond donors (Lipinski definition) is 1. The lowest BCUT2D eigenvalue weighted by Crippen LogP contribution is -2.53. The molecule has 20 heavy (non-hydrogen) atoms. The van der Waals surface area contributed by atoms with Crippen LogP contribution in [-0.4, -0.2) is 24.8 Å². The first-order valence-electron chi connectivity index (χ1n) is 7.36. The van der Waals surface area contributed by atoms with E-state index in [4.69, 9.17) is 16.3 Å². The number of hydrogen-bond acceptors (Lipinski definition) is 2. The quantitative estimate of drug-likeness (QED) is 0.888. The van der Waals surface area contributed by atoms with E-state index in [0.717, 1.165) is 38.0 Å². The van der Waals surface area contributed by atoms with E-state index >= 15 is 0 Å². The zero-order valence-corrected chi connectivity index (χ0v) is 13.0. The highest BCUT2D eigenvalue weighted by atomic mass is 35.5. The van der Waals surface area contributed by atoms with Crippen molar-refractivity contribution in [3.8, 4) is 0 Å². The Morgan fingerprint density at radius 2 is 2.25 bits per heavy atom. The van der Waals surface area contributed by atoms with Crippen LogP contribution in [0.4, 0.5) is 4.39 Å². The lowest BCUT2D eigenvalue weighted by molar-refractivity contribution is -0.0881. The molecule has 0 aliphatic carbocycles. The minimum absolute atomic E-state index is 0.175. The largest absolute Gasteiger partial charge is 0.374 e. The first-order chi connectivity index (χ1) is 9.55. The van der Waals surface area contributed by atoms with E-state index in [-0.39, 0.29) is 22.5 Å². The number of nitrogens with one attached hydrogen (secondary N) is 1. The van der Waals surface area contributed by atoms with E-state index in [2.05, 4.69) is 19.2 Å². The van der Waals surface area contributed by atoms with Crippen molar-refractivity contribution in [2.24, 2.45) is 0 Å². The third kappa shape index (κ3) is 3.72. The molecular formula is C16H23ClFNO. The molecule has 1 aliphatic rings. The van der Waals surface area contributed by atoms with Crippen molar-refractivity contribution in [1.29, 1.82) is 0 Å². The fourth-order valence-electron chi connectivity index (χ4n) is 2.88. The third-order valence-electron chi connectivity index (χ3n) is 4.11. The second kappa shape index (κ2) is 6.88. The first kappa shape index (κ1) is 15.7. The summed E-state index contributed by atoms with van der Waals surface area (Å²) in [5.41, 5.74) is 0.776. The van der Waals surface area contributed by atoms with E-state index in [1.807, 2.05) is 6.07 Å². The van der Waals surface area contributed by atoms with E-state index in [1.165, 1.54) is 12.5 Å². The van der Waals surface area contributed by atoms with Crippen molar-refractivity contribution in [2.75, 3.05) is 13.2 Å². The Morgan fingerprint density at radius 1 is 1.45 bits per heavy atom. The highest BCUT2D eigenvalue weighted by Gasteiger charge is 2.36. The number of halogens is 2. The highest BCUT2D eigenvalue weighted by Crippen LogP contribution is 2.30. The molecule has 0 radical (unpaired) electrons. The molecule has 2 unspecified atom stereocenters. The predicted octanol–water partition coefficient (Wildman–Crippen LogP) is 3.96. The molecule has 1 aliphatic heterocycles. The van der Waals surface area contributed by atoms with Crippen LogP contribution in [0.5, 0.6) is 0 Å². The molecule has 1 heterocycles. The van der Waals surface area contributed by atoms with Crippen molar-refractivity contribution in [2.45, 2.75) is 51.2 Å². The molecule has 1 fully saturated rings. The zero-order chi connectivity index (χ0) is 14.6. The van der Waals surface area contributed by atoms with Crippen molar-refractivity contribution in [1.82, 2.24) is 5.32 Å². The summed E-state index contributed by atoms with van der Waals surface area (Å²) in [7, 11) is 0. The molecule has 2 rings (SSSR count). The molecule has 0 saturated carbocycles. The van der Waals surface area contributed by atoms with Gasteiger partial charge in [-0.15, -0.1) is 0 Å². The zero-order valence-electron chi connectivity index (χ0n) is 12.2. The summed E-state index contributed by atoms with van der Waals surface area (Å²) < 4.78 is 19.6. The van der Waals surface area contributed by atoms with Crippen LogP contribution in [0.1, 0.15) is 38.7 Å². The van der Waals surface area contributed by atoms with Gasteiger partial charge < -0.3 is 10.1 Å². The van der Waals surface area contributed by atoms with Gasteiger partial charge in [0.15, 0.2) is 0 Å². The van der Waals surface area contributed by atoms with Crippen molar-refractivity contribution in [3.05, 3.63) is 34.6 Å². The van der Waals surface area contributed by atoms with Crippen LogP contribution in [0.2, 0.25) is 5.02 Å². The second-order valence-corrected chi connectivity index (χ2v) is 6.09. The molecule has 0 aromatic heterocycles. The maximum Gasteiger partial charge on any atom is 0.142 e. The number of rotatable bonds is 5. The monoisotopic (exact) mass is 299 g/mol. The van der Waals surface area contributed by atoms with Crippen LogP contribution in [0, 0.1) is 5.82 Å². The number of ether oxygens (including phenoxy) is 1. The minimum atomic E-state index is -0.353.